The first kappa shape index (κ1) is 25.4. The zero-order valence-corrected chi connectivity index (χ0v) is 21.3. The number of carbonyl (C=O) groups is 1. The number of carbonyl (C=O) groups excluding carboxylic acids is 1. The molecule has 0 spiro atoms. The van der Waals surface area contributed by atoms with Crippen LogP contribution in [-0.4, -0.2) is 43.0 Å². The van der Waals surface area contributed by atoms with Gasteiger partial charge in [0, 0.05) is 17.5 Å². The molecule has 2 fully saturated rings. The summed E-state index contributed by atoms with van der Waals surface area (Å²) in [6, 6.07) is 22.7. The van der Waals surface area contributed by atoms with E-state index in [9.17, 15) is 9.18 Å². The van der Waals surface area contributed by atoms with Crippen LogP contribution in [0.5, 0.6) is 0 Å². The molecule has 1 aliphatic heterocycles. The smallest absolute Gasteiger partial charge is 0.255 e. The van der Waals surface area contributed by atoms with Gasteiger partial charge in [-0.05, 0) is 112 Å². The van der Waals surface area contributed by atoms with Crippen molar-refractivity contribution in [1.29, 1.82) is 0 Å². The summed E-state index contributed by atoms with van der Waals surface area (Å²) in [7, 11) is 0. The van der Waals surface area contributed by atoms with Crippen LogP contribution in [0.15, 0.2) is 72.8 Å². The highest BCUT2D eigenvalue weighted by atomic mass is 19.1. The highest BCUT2D eigenvalue weighted by Crippen LogP contribution is 2.41. The van der Waals surface area contributed by atoms with Crippen LogP contribution in [0.25, 0.3) is 0 Å². The molecule has 3 aromatic rings. The summed E-state index contributed by atoms with van der Waals surface area (Å²) < 4.78 is 13.1. The lowest BCUT2D eigenvalue weighted by Crippen LogP contribution is -2.38. The molecule has 0 radical (unpaired) electrons. The first-order valence-electron chi connectivity index (χ1n) is 13.5. The van der Waals surface area contributed by atoms with Gasteiger partial charge in [-0.2, -0.15) is 0 Å². The van der Waals surface area contributed by atoms with Gasteiger partial charge in [-0.25, -0.2) is 4.39 Å². The third kappa shape index (κ3) is 6.96. The van der Waals surface area contributed by atoms with Crippen LogP contribution in [-0.2, 0) is 6.42 Å². The van der Waals surface area contributed by atoms with Gasteiger partial charge in [-0.3, -0.25) is 4.79 Å². The van der Waals surface area contributed by atoms with E-state index in [0.29, 0.717) is 28.9 Å². The van der Waals surface area contributed by atoms with Crippen molar-refractivity contribution in [1.82, 2.24) is 10.2 Å². The summed E-state index contributed by atoms with van der Waals surface area (Å²) in [5.74, 6) is 0.991. The number of halogens is 1. The van der Waals surface area contributed by atoms with Crippen molar-refractivity contribution in [2.45, 2.75) is 44.1 Å². The summed E-state index contributed by atoms with van der Waals surface area (Å²) in [5.41, 5.74) is 10.3. The number of nitrogen functional groups attached to an aromatic ring is 1. The summed E-state index contributed by atoms with van der Waals surface area (Å²) in [6.45, 7) is 4.54. The zero-order chi connectivity index (χ0) is 25.6. The second-order valence-electron chi connectivity index (χ2n) is 10.5. The number of aryl methyl sites for hydroxylation is 1. The highest BCUT2D eigenvalue weighted by Gasteiger charge is 2.38. The van der Waals surface area contributed by atoms with E-state index < -0.39 is 0 Å². The molecular formula is C31H37FN4O. The maximum absolute atomic E-state index is 13.1. The lowest BCUT2D eigenvalue weighted by Gasteiger charge is -2.32. The van der Waals surface area contributed by atoms with E-state index in [-0.39, 0.29) is 11.7 Å². The molecule has 1 saturated carbocycles. The van der Waals surface area contributed by atoms with Crippen molar-refractivity contribution < 1.29 is 9.18 Å². The van der Waals surface area contributed by atoms with Crippen LogP contribution in [0.2, 0.25) is 0 Å². The Morgan fingerprint density at radius 3 is 2.43 bits per heavy atom. The van der Waals surface area contributed by atoms with Gasteiger partial charge in [-0.15, -0.1) is 0 Å². The fourth-order valence-electron chi connectivity index (χ4n) is 5.37. The van der Waals surface area contributed by atoms with Crippen LogP contribution in [0.1, 0.15) is 53.1 Å². The first-order chi connectivity index (χ1) is 18.0. The minimum atomic E-state index is -0.159. The Morgan fingerprint density at radius 1 is 0.973 bits per heavy atom. The predicted molar refractivity (Wildman–Crippen MR) is 148 cm³/mol. The van der Waals surface area contributed by atoms with Crippen molar-refractivity contribution in [2.24, 2.45) is 5.92 Å². The van der Waals surface area contributed by atoms with Crippen LogP contribution in [0, 0.1) is 11.7 Å². The van der Waals surface area contributed by atoms with E-state index in [2.05, 4.69) is 27.7 Å². The third-order valence-electron chi connectivity index (χ3n) is 7.83. The Hall–Kier alpha value is -3.22. The average molecular weight is 501 g/mol. The molecule has 37 heavy (non-hydrogen) atoms. The van der Waals surface area contributed by atoms with Gasteiger partial charge >= 0.3 is 0 Å². The lowest BCUT2D eigenvalue weighted by molar-refractivity contribution is 0.102. The number of piperidine rings is 1. The molecule has 2 atom stereocenters. The molecule has 6 heteroatoms. The molecule has 0 bridgehead atoms. The fourth-order valence-corrected chi connectivity index (χ4v) is 5.37. The number of hydrogen-bond acceptors (Lipinski definition) is 4. The van der Waals surface area contributed by atoms with Crippen molar-refractivity contribution in [3.05, 3.63) is 95.3 Å². The largest absolute Gasteiger partial charge is 0.397 e. The van der Waals surface area contributed by atoms with Crippen LogP contribution in [0.4, 0.5) is 15.8 Å². The van der Waals surface area contributed by atoms with Gasteiger partial charge in [-0.1, -0.05) is 36.4 Å². The Balaban J connectivity index is 0.968. The van der Waals surface area contributed by atoms with Gasteiger partial charge < -0.3 is 21.3 Å². The highest BCUT2D eigenvalue weighted by molar-refractivity contribution is 6.05. The number of hydrogen-bond donors (Lipinski definition) is 3. The standard InChI is InChI=1S/C31H37FN4O/c32-26-13-11-24(12-14-26)27-20-30(27)34-21-23-15-18-36(19-16-23)17-3-4-22-7-9-25(10-8-22)31(37)35-29-6-2-1-5-28(29)33/h1-2,5-14,23,27,30,34H,3-4,15-21,33H2,(H,35,37)/t27-,30+/m0/s1. The average Bonchev–Trinajstić information content (AvgIpc) is 3.70. The number of amides is 1. The van der Waals surface area contributed by atoms with E-state index in [1.165, 1.54) is 37.1 Å². The molecular weight excluding hydrogens is 463 g/mol. The molecule has 194 valence electrons. The Morgan fingerprint density at radius 2 is 1.70 bits per heavy atom. The number of likely N-dealkylation sites (tertiary alicyclic amines) is 1. The molecule has 4 N–H and O–H groups in total. The second-order valence-corrected chi connectivity index (χ2v) is 10.5. The number of anilines is 2. The van der Waals surface area contributed by atoms with Gasteiger partial charge in [0.15, 0.2) is 0 Å². The zero-order valence-electron chi connectivity index (χ0n) is 21.3. The van der Waals surface area contributed by atoms with Gasteiger partial charge in [0.05, 0.1) is 11.4 Å². The number of rotatable bonds is 10. The summed E-state index contributed by atoms with van der Waals surface area (Å²) in [6.07, 6.45) is 5.79. The van der Waals surface area contributed by atoms with Gasteiger partial charge in [0.1, 0.15) is 5.82 Å². The predicted octanol–water partition coefficient (Wildman–Crippen LogP) is 5.45. The Kier molecular flexibility index (Phi) is 8.17. The summed E-state index contributed by atoms with van der Waals surface area (Å²) in [5, 5.41) is 6.63. The van der Waals surface area contributed by atoms with Crippen molar-refractivity contribution >= 4 is 17.3 Å². The number of nitrogens with two attached hydrogens (primary N) is 1. The molecule has 5 nitrogen and oxygen atoms in total. The number of para-hydroxylation sites is 2. The maximum atomic E-state index is 13.1. The molecule has 1 saturated heterocycles. The van der Waals surface area contributed by atoms with E-state index in [1.807, 2.05) is 36.4 Å². The Labute approximate surface area is 219 Å². The monoisotopic (exact) mass is 500 g/mol. The van der Waals surface area contributed by atoms with Crippen LogP contribution >= 0.6 is 0 Å². The van der Waals surface area contributed by atoms with E-state index in [1.54, 1.807) is 24.3 Å². The molecule has 1 aliphatic carbocycles. The fraction of sp³-hybridized carbons (Fsp3) is 0.387. The minimum Gasteiger partial charge on any atom is -0.397 e. The summed E-state index contributed by atoms with van der Waals surface area (Å²) in [4.78, 5) is 15.1. The Bertz CT molecular complexity index is 1170. The quantitative estimate of drug-likeness (QED) is 0.324. The first-order valence-corrected chi connectivity index (χ1v) is 13.5. The number of benzene rings is 3. The van der Waals surface area contributed by atoms with E-state index in [4.69, 9.17) is 5.73 Å². The second kappa shape index (κ2) is 11.9. The third-order valence-corrected chi connectivity index (χ3v) is 7.83. The maximum Gasteiger partial charge on any atom is 0.255 e. The van der Waals surface area contributed by atoms with Gasteiger partial charge in [0.2, 0.25) is 0 Å². The van der Waals surface area contributed by atoms with E-state index in [0.717, 1.165) is 38.3 Å². The molecule has 2 aliphatic rings. The van der Waals surface area contributed by atoms with Gasteiger partial charge in [0.25, 0.3) is 5.91 Å². The number of nitrogens with one attached hydrogen (secondary N) is 2. The van der Waals surface area contributed by atoms with Crippen molar-refractivity contribution in [3.63, 3.8) is 0 Å². The van der Waals surface area contributed by atoms with Crippen molar-refractivity contribution in [2.75, 3.05) is 37.2 Å². The molecule has 0 aromatic heterocycles. The molecule has 0 unspecified atom stereocenters. The molecule has 5 rings (SSSR count). The SMILES string of the molecule is Nc1ccccc1NC(=O)c1ccc(CCCN2CCC(CN[C@@H]3C[C@H]3c3ccc(F)cc3)CC2)cc1. The topological polar surface area (TPSA) is 70.4 Å². The molecule has 1 amide bonds. The lowest BCUT2D eigenvalue weighted by atomic mass is 9.96. The molecule has 1 heterocycles. The van der Waals surface area contributed by atoms with E-state index >= 15 is 0 Å². The normalized spacial score (nSPS) is 20.0. The van der Waals surface area contributed by atoms with Crippen LogP contribution < -0.4 is 16.4 Å². The minimum absolute atomic E-state index is 0.144. The molecule has 3 aromatic carbocycles. The van der Waals surface area contributed by atoms with Crippen molar-refractivity contribution in [3.8, 4) is 0 Å². The number of nitrogens with zero attached hydrogens (tertiary/aromatic N) is 1. The summed E-state index contributed by atoms with van der Waals surface area (Å²) >= 11 is 0. The van der Waals surface area contributed by atoms with Crippen LogP contribution in [0.3, 0.4) is 0 Å².